The van der Waals surface area contributed by atoms with Gasteiger partial charge in [0.05, 0.1) is 19.4 Å². The third-order valence-electron chi connectivity index (χ3n) is 4.85. The minimum atomic E-state index is -0.547. The van der Waals surface area contributed by atoms with Gasteiger partial charge in [-0.2, -0.15) is 10.1 Å². The molecule has 0 aliphatic carbocycles. The van der Waals surface area contributed by atoms with Crippen molar-refractivity contribution in [2.75, 3.05) is 12.0 Å². The number of aromatic nitrogens is 4. The highest BCUT2D eigenvalue weighted by atomic mass is 16.5. The standard InChI is InChI=1S/C22H22N6O4/c1-3-32-17-11-15(9-10-16(17)29)12-23-26-21-24-19-18(20(30)25-22(31)27(19)2)28(21)13-14-7-5-4-6-8-14/h4-12,29H,3,13H2,1-2H3,(H,24,26)(H,25,30,31)/b23-12+. The number of fused-ring (bicyclic) bond motifs is 1. The van der Waals surface area contributed by atoms with Crippen molar-refractivity contribution in [2.45, 2.75) is 13.5 Å². The van der Waals surface area contributed by atoms with Crippen LogP contribution in [0.15, 0.2) is 63.2 Å². The van der Waals surface area contributed by atoms with Gasteiger partial charge in [-0.15, -0.1) is 0 Å². The van der Waals surface area contributed by atoms with Crippen LogP contribution in [0.2, 0.25) is 0 Å². The van der Waals surface area contributed by atoms with E-state index < -0.39 is 11.2 Å². The Morgan fingerprint density at radius 3 is 2.75 bits per heavy atom. The molecule has 0 saturated heterocycles. The van der Waals surface area contributed by atoms with Gasteiger partial charge in [0.1, 0.15) is 0 Å². The first-order chi connectivity index (χ1) is 15.5. The van der Waals surface area contributed by atoms with Gasteiger partial charge < -0.3 is 9.84 Å². The number of benzene rings is 2. The number of ether oxygens (including phenoxy) is 1. The number of rotatable bonds is 7. The molecular weight excluding hydrogens is 412 g/mol. The molecule has 10 nitrogen and oxygen atoms in total. The van der Waals surface area contributed by atoms with E-state index in [2.05, 4.69) is 20.5 Å². The van der Waals surface area contributed by atoms with Gasteiger partial charge in [-0.25, -0.2) is 10.2 Å². The van der Waals surface area contributed by atoms with E-state index in [1.807, 2.05) is 37.3 Å². The Hall–Kier alpha value is -4.34. The molecule has 0 atom stereocenters. The number of nitrogens with zero attached hydrogens (tertiary/aromatic N) is 4. The number of hydrogen-bond donors (Lipinski definition) is 3. The lowest BCUT2D eigenvalue weighted by molar-refractivity contribution is 0.318. The maximum absolute atomic E-state index is 12.6. The Morgan fingerprint density at radius 1 is 1.22 bits per heavy atom. The molecule has 0 spiro atoms. The van der Waals surface area contributed by atoms with Gasteiger partial charge in [0, 0.05) is 7.05 Å². The smallest absolute Gasteiger partial charge is 0.329 e. The highest BCUT2D eigenvalue weighted by molar-refractivity contribution is 5.81. The van der Waals surface area contributed by atoms with Gasteiger partial charge in [-0.05, 0) is 36.2 Å². The molecule has 4 rings (SSSR count). The molecule has 10 heteroatoms. The third-order valence-corrected chi connectivity index (χ3v) is 4.85. The van der Waals surface area contributed by atoms with Gasteiger partial charge in [-0.3, -0.25) is 18.9 Å². The molecule has 2 aromatic carbocycles. The molecule has 2 heterocycles. The topological polar surface area (TPSA) is 127 Å². The predicted octanol–water partition coefficient (Wildman–Crippen LogP) is 2.02. The van der Waals surface area contributed by atoms with Crippen LogP contribution < -0.4 is 21.4 Å². The second-order valence-electron chi connectivity index (χ2n) is 7.03. The normalized spacial score (nSPS) is 11.3. The van der Waals surface area contributed by atoms with Crippen LogP contribution in [0.3, 0.4) is 0 Å². The molecule has 0 unspecified atom stereocenters. The van der Waals surface area contributed by atoms with Gasteiger partial charge in [0.2, 0.25) is 5.95 Å². The first-order valence-corrected chi connectivity index (χ1v) is 9.96. The van der Waals surface area contributed by atoms with E-state index in [0.29, 0.717) is 30.4 Å². The van der Waals surface area contributed by atoms with E-state index in [-0.39, 0.29) is 16.9 Å². The van der Waals surface area contributed by atoms with E-state index in [1.54, 1.807) is 23.7 Å². The summed E-state index contributed by atoms with van der Waals surface area (Å²) in [7, 11) is 1.54. The Labute approximate surface area is 182 Å². The lowest BCUT2D eigenvalue weighted by Gasteiger charge is -2.08. The highest BCUT2D eigenvalue weighted by Gasteiger charge is 2.17. The number of phenols is 1. The van der Waals surface area contributed by atoms with Crippen LogP contribution >= 0.6 is 0 Å². The van der Waals surface area contributed by atoms with Crippen molar-refractivity contribution in [3.63, 3.8) is 0 Å². The van der Waals surface area contributed by atoms with E-state index in [0.717, 1.165) is 5.56 Å². The molecule has 0 amide bonds. The molecule has 164 valence electrons. The summed E-state index contributed by atoms with van der Waals surface area (Å²) in [6.45, 7) is 2.60. The first kappa shape index (κ1) is 20.9. The third kappa shape index (κ3) is 4.10. The zero-order valence-corrected chi connectivity index (χ0v) is 17.6. The predicted molar refractivity (Wildman–Crippen MR) is 122 cm³/mol. The monoisotopic (exact) mass is 434 g/mol. The van der Waals surface area contributed by atoms with E-state index in [9.17, 15) is 14.7 Å². The molecule has 32 heavy (non-hydrogen) atoms. The van der Waals surface area contributed by atoms with Crippen molar-refractivity contribution in [3.05, 3.63) is 80.5 Å². The Morgan fingerprint density at radius 2 is 2.00 bits per heavy atom. The summed E-state index contributed by atoms with van der Waals surface area (Å²) in [6, 6.07) is 14.4. The van der Waals surface area contributed by atoms with E-state index in [4.69, 9.17) is 4.74 Å². The second-order valence-corrected chi connectivity index (χ2v) is 7.03. The molecule has 2 aromatic heterocycles. The van der Waals surface area contributed by atoms with Crippen LogP contribution in [0.1, 0.15) is 18.1 Å². The van der Waals surface area contributed by atoms with E-state index >= 15 is 0 Å². The van der Waals surface area contributed by atoms with Gasteiger partial charge in [0.25, 0.3) is 5.56 Å². The number of nitrogens with one attached hydrogen (secondary N) is 2. The average Bonchev–Trinajstić information content (AvgIpc) is 3.14. The Balaban J connectivity index is 1.72. The van der Waals surface area contributed by atoms with Crippen molar-refractivity contribution in [1.29, 1.82) is 0 Å². The summed E-state index contributed by atoms with van der Waals surface area (Å²) in [6.07, 6.45) is 1.54. The fourth-order valence-corrected chi connectivity index (χ4v) is 3.29. The lowest BCUT2D eigenvalue weighted by Crippen LogP contribution is -2.29. The second kappa shape index (κ2) is 8.80. The fraction of sp³-hybridized carbons (Fsp3) is 0.182. The maximum atomic E-state index is 12.6. The number of phenolic OH excluding ortho intramolecular Hbond substituents is 1. The average molecular weight is 434 g/mol. The van der Waals surface area contributed by atoms with Crippen LogP contribution in [0, 0.1) is 0 Å². The lowest BCUT2D eigenvalue weighted by atomic mass is 10.2. The van der Waals surface area contributed by atoms with Gasteiger partial charge in [0.15, 0.2) is 22.7 Å². The van der Waals surface area contributed by atoms with Crippen LogP contribution in [-0.2, 0) is 13.6 Å². The number of hydrazone groups is 1. The molecular formula is C22H22N6O4. The minimum Gasteiger partial charge on any atom is -0.504 e. The molecule has 0 aliphatic rings. The van der Waals surface area contributed by atoms with Crippen LogP contribution in [0.5, 0.6) is 11.5 Å². The molecule has 0 fully saturated rings. The maximum Gasteiger partial charge on any atom is 0.329 e. The number of aromatic hydroxyl groups is 1. The Kier molecular flexibility index (Phi) is 5.75. The number of H-pyrrole nitrogens is 1. The molecule has 3 N–H and O–H groups in total. The van der Waals surface area contributed by atoms with Crippen LogP contribution in [0.4, 0.5) is 5.95 Å². The number of aromatic amines is 1. The van der Waals surface area contributed by atoms with Crippen molar-refractivity contribution < 1.29 is 9.84 Å². The number of anilines is 1. The summed E-state index contributed by atoms with van der Waals surface area (Å²) in [5, 5.41) is 14.1. The molecule has 0 saturated carbocycles. The minimum absolute atomic E-state index is 0.0433. The zero-order chi connectivity index (χ0) is 22.7. The van der Waals surface area contributed by atoms with Crippen molar-refractivity contribution in [1.82, 2.24) is 19.1 Å². The SMILES string of the molecule is CCOc1cc(/C=N/Nc2nc3c(c(=O)[nH]c(=O)n3C)n2Cc2ccccc2)ccc1O. The van der Waals surface area contributed by atoms with Crippen LogP contribution in [-0.4, -0.2) is 37.0 Å². The van der Waals surface area contributed by atoms with Crippen LogP contribution in [0.25, 0.3) is 11.2 Å². The van der Waals surface area contributed by atoms with Crippen molar-refractivity contribution >= 4 is 23.3 Å². The number of hydrogen-bond acceptors (Lipinski definition) is 7. The van der Waals surface area contributed by atoms with Crippen molar-refractivity contribution in [2.24, 2.45) is 12.1 Å². The van der Waals surface area contributed by atoms with Gasteiger partial charge in [-0.1, -0.05) is 30.3 Å². The summed E-state index contributed by atoms with van der Waals surface area (Å²) in [5.74, 6) is 0.701. The Bertz CT molecular complexity index is 1400. The summed E-state index contributed by atoms with van der Waals surface area (Å²) >= 11 is 0. The van der Waals surface area contributed by atoms with E-state index in [1.165, 1.54) is 16.8 Å². The molecule has 0 radical (unpaired) electrons. The largest absolute Gasteiger partial charge is 0.504 e. The first-order valence-electron chi connectivity index (χ1n) is 9.96. The molecule has 0 aliphatic heterocycles. The van der Waals surface area contributed by atoms with Crippen molar-refractivity contribution in [3.8, 4) is 11.5 Å². The summed E-state index contributed by atoms with van der Waals surface area (Å²) in [5.41, 5.74) is 3.94. The summed E-state index contributed by atoms with van der Waals surface area (Å²) < 4.78 is 8.33. The molecule has 0 bridgehead atoms. The number of imidazole rings is 1. The summed E-state index contributed by atoms with van der Waals surface area (Å²) in [4.78, 5) is 31.3. The van der Waals surface area contributed by atoms with Gasteiger partial charge >= 0.3 is 5.69 Å². The molecule has 4 aromatic rings. The fourth-order valence-electron chi connectivity index (χ4n) is 3.29. The quantitative estimate of drug-likeness (QED) is 0.302. The highest BCUT2D eigenvalue weighted by Crippen LogP contribution is 2.26. The zero-order valence-electron chi connectivity index (χ0n) is 17.6. The number of aryl methyl sites for hydroxylation is 1.